The minimum atomic E-state index is -0.231. The van der Waals surface area contributed by atoms with Gasteiger partial charge in [-0.15, -0.1) is 0 Å². The van der Waals surface area contributed by atoms with Gasteiger partial charge in [0.05, 0.1) is 11.3 Å². The number of carbonyl (C=O) groups is 1. The second-order valence-electron chi connectivity index (χ2n) is 8.36. The third kappa shape index (κ3) is 6.91. The number of hydrogen-bond donors (Lipinski definition) is 1. The van der Waals surface area contributed by atoms with E-state index in [2.05, 4.69) is 5.16 Å². The summed E-state index contributed by atoms with van der Waals surface area (Å²) in [4.78, 5) is 18.5. The maximum absolute atomic E-state index is 12.9. The zero-order chi connectivity index (χ0) is 22.2. The van der Waals surface area contributed by atoms with E-state index in [1.54, 1.807) is 24.3 Å². The third-order valence-electron chi connectivity index (χ3n) is 5.74. The van der Waals surface area contributed by atoms with Crippen molar-refractivity contribution in [3.8, 4) is 5.75 Å². The van der Waals surface area contributed by atoms with E-state index in [1.807, 2.05) is 25.6 Å². The number of hydrogen-bond acceptors (Lipinski definition) is 6. The summed E-state index contributed by atoms with van der Waals surface area (Å²) in [5.41, 5.74) is 0.910. The molecule has 3 rings (SSSR count). The van der Waals surface area contributed by atoms with Crippen LogP contribution in [0.15, 0.2) is 40.8 Å². The van der Waals surface area contributed by atoms with Crippen LogP contribution in [0.4, 0.5) is 0 Å². The van der Waals surface area contributed by atoms with E-state index < -0.39 is 0 Å². The number of ether oxygens (including phenoxy) is 1. The Balaban J connectivity index is 1.62. The standard InChI is InChI=1S/C24H32ClNO4S/c1-3-5-21(26-29-14-16(2)30-20-9-7-19(25)8-10-20)24-22(27)12-18(13-23(24)28)17-6-4-11-31-15-17/h7-10,16-18,27H,3-6,11-15H2,1-2H3/b26-21-. The van der Waals surface area contributed by atoms with Crippen molar-refractivity contribution in [2.45, 2.75) is 58.5 Å². The van der Waals surface area contributed by atoms with Gasteiger partial charge in [0.15, 0.2) is 12.4 Å². The highest BCUT2D eigenvalue weighted by molar-refractivity contribution is 7.99. The van der Waals surface area contributed by atoms with Crippen LogP contribution in [0, 0.1) is 11.8 Å². The monoisotopic (exact) mass is 465 g/mol. The number of benzene rings is 1. The van der Waals surface area contributed by atoms with Crippen molar-refractivity contribution in [2.75, 3.05) is 18.1 Å². The van der Waals surface area contributed by atoms with E-state index in [-0.39, 0.29) is 30.2 Å². The highest BCUT2D eigenvalue weighted by Gasteiger charge is 2.35. The normalized spacial score (nSPS) is 23.6. The maximum Gasteiger partial charge on any atom is 0.168 e. The van der Waals surface area contributed by atoms with Crippen molar-refractivity contribution in [2.24, 2.45) is 17.0 Å². The first-order valence-corrected chi connectivity index (χ1v) is 12.7. The number of Topliss-reactive ketones (excluding diaryl/α,β-unsaturated/α-hetero) is 1. The molecule has 0 bridgehead atoms. The SMILES string of the molecule is CCC/C(=N/OCC(C)Oc1ccc(Cl)cc1)C1=C(O)CC(C2CCCSC2)CC1=O. The molecule has 0 radical (unpaired) electrons. The van der Waals surface area contributed by atoms with Crippen LogP contribution in [0.2, 0.25) is 5.02 Å². The number of thioether (sulfide) groups is 1. The Morgan fingerprint density at radius 2 is 2.06 bits per heavy atom. The fourth-order valence-corrected chi connectivity index (χ4v) is 5.58. The number of aliphatic hydroxyl groups is 1. The fourth-order valence-electron chi connectivity index (χ4n) is 4.17. The topological polar surface area (TPSA) is 68.1 Å². The largest absolute Gasteiger partial charge is 0.511 e. The molecule has 1 N–H and O–H groups in total. The summed E-state index contributed by atoms with van der Waals surface area (Å²) in [6.07, 6.45) is 4.56. The van der Waals surface area contributed by atoms with Crippen LogP contribution in [0.3, 0.4) is 0 Å². The highest BCUT2D eigenvalue weighted by Crippen LogP contribution is 2.38. The second-order valence-corrected chi connectivity index (χ2v) is 9.94. The smallest absolute Gasteiger partial charge is 0.168 e. The molecular weight excluding hydrogens is 434 g/mol. The van der Waals surface area contributed by atoms with Gasteiger partial charge in [0.25, 0.3) is 0 Å². The summed E-state index contributed by atoms with van der Waals surface area (Å²) in [5, 5.41) is 15.6. The lowest BCUT2D eigenvalue weighted by Gasteiger charge is -2.32. The molecule has 31 heavy (non-hydrogen) atoms. The molecule has 7 heteroatoms. The van der Waals surface area contributed by atoms with Crippen LogP contribution in [0.5, 0.6) is 5.75 Å². The van der Waals surface area contributed by atoms with Gasteiger partial charge in [-0.05, 0) is 73.8 Å². The van der Waals surface area contributed by atoms with E-state index in [0.29, 0.717) is 47.2 Å². The molecule has 170 valence electrons. The van der Waals surface area contributed by atoms with Gasteiger partial charge in [-0.1, -0.05) is 30.1 Å². The summed E-state index contributed by atoms with van der Waals surface area (Å²) in [6.45, 7) is 4.15. The number of ketones is 1. The minimum Gasteiger partial charge on any atom is -0.511 e. The first-order valence-electron chi connectivity index (χ1n) is 11.1. The van der Waals surface area contributed by atoms with Crippen LogP contribution in [0.25, 0.3) is 0 Å². The van der Waals surface area contributed by atoms with E-state index in [9.17, 15) is 9.90 Å². The first kappa shape index (κ1) is 24.0. The molecule has 1 fully saturated rings. The van der Waals surface area contributed by atoms with Crippen LogP contribution in [-0.4, -0.2) is 40.8 Å². The lowest BCUT2D eigenvalue weighted by molar-refractivity contribution is -0.117. The molecule has 3 unspecified atom stereocenters. The van der Waals surface area contributed by atoms with Crippen molar-refractivity contribution in [3.05, 3.63) is 40.6 Å². The molecule has 1 aliphatic heterocycles. The molecule has 1 saturated heterocycles. The van der Waals surface area contributed by atoms with Gasteiger partial charge in [0.1, 0.15) is 17.6 Å². The Morgan fingerprint density at radius 3 is 2.71 bits per heavy atom. The van der Waals surface area contributed by atoms with Crippen molar-refractivity contribution in [1.82, 2.24) is 0 Å². The van der Waals surface area contributed by atoms with E-state index in [0.717, 1.165) is 18.6 Å². The number of halogens is 1. The van der Waals surface area contributed by atoms with Gasteiger partial charge in [0, 0.05) is 17.9 Å². The molecule has 1 aromatic carbocycles. The van der Waals surface area contributed by atoms with E-state index in [1.165, 1.54) is 12.2 Å². The molecule has 0 amide bonds. The number of allylic oxidation sites excluding steroid dienone is 2. The lowest BCUT2D eigenvalue weighted by atomic mass is 9.76. The van der Waals surface area contributed by atoms with Gasteiger partial charge >= 0.3 is 0 Å². The summed E-state index contributed by atoms with van der Waals surface area (Å²) in [5.74, 6) is 3.91. The Kier molecular flexibility index (Phi) is 9.15. The van der Waals surface area contributed by atoms with Crippen molar-refractivity contribution >= 4 is 34.9 Å². The maximum atomic E-state index is 12.9. The van der Waals surface area contributed by atoms with Gasteiger partial charge in [-0.3, -0.25) is 4.79 Å². The zero-order valence-corrected chi connectivity index (χ0v) is 19.9. The average molecular weight is 466 g/mol. The van der Waals surface area contributed by atoms with Crippen LogP contribution < -0.4 is 4.74 Å². The minimum absolute atomic E-state index is 0.00872. The van der Waals surface area contributed by atoms with Gasteiger partial charge < -0.3 is 14.7 Å². The fraction of sp³-hybridized carbons (Fsp3) is 0.583. The number of nitrogens with zero attached hydrogens (tertiary/aromatic N) is 1. The number of rotatable bonds is 9. The lowest BCUT2D eigenvalue weighted by Crippen LogP contribution is -2.31. The highest BCUT2D eigenvalue weighted by atomic mass is 35.5. The van der Waals surface area contributed by atoms with Crippen LogP contribution in [-0.2, 0) is 9.63 Å². The number of oxime groups is 1. The van der Waals surface area contributed by atoms with Gasteiger partial charge in [0.2, 0.25) is 0 Å². The summed E-state index contributed by atoms with van der Waals surface area (Å²) >= 11 is 7.85. The summed E-state index contributed by atoms with van der Waals surface area (Å²) in [6, 6.07) is 7.14. The molecule has 2 aliphatic rings. The summed E-state index contributed by atoms with van der Waals surface area (Å²) in [7, 11) is 0. The number of carbonyl (C=O) groups excluding carboxylic acids is 1. The molecule has 1 aromatic rings. The Bertz CT molecular complexity index is 802. The van der Waals surface area contributed by atoms with Gasteiger partial charge in [-0.2, -0.15) is 11.8 Å². The molecule has 0 aromatic heterocycles. The Morgan fingerprint density at radius 1 is 1.29 bits per heavy atom. The second kappa shape index (κ2) is 11.8. The number of aliphatic hydroxyl groups excluding tert-OH is 1. The van der Waals surface area contributed by atoms with E-state index >= 15 is 0 Å². The van der Waals surface area contributed by atoms with Crippen molar-refractivity contribution < 1.29 is 19.5 Å². The quantitative estimate of drug-likeness (QED) is 0.346. The molecule has 1 aliphatic carbocycles. The predicted molar refractivity (Wildman–Crippen MR) is 127 cm³/mol. The summed E-state index contributed by atoms with van der Waals surface area (Å²) < 4.78 is 5.80. The van der Waals surface area contributed by atoms with Gasteiger partial charge in [-0.25, -0.2) is 0 Å². The van der Waals surface area contributed by atoms with E-state index in [4.69, 9.17) is 21.2 Å². The Labute approximate surface area is 194 Å². The third-order valence-corrected chi connectivity index (χ3v) is 7.24. The molecule has 0 spiro atoms. The zero-order valence-electron chi connectivity index (χ0n) is 18.3. The predicted octanol–water partition coefficient (Wildman–Crippen LogP) is 6.21. The van der Waals surface area contributed by atoms with Crippen molar-refractivity contribution in [3.63, 3.8) is 0 Å². The molecule has 0 saturated carbocycles. The molecule has 3 atom stereocenters. The van der Waals surface area contributed by atoms with Crippen molar-refractivity contribution in [1.29, 1.82) is 0 Å². The molecular formula is C24H32ClNO4S. The Hall–Kier alpha value is -1.66. The first-order chi connectivity index (χ1) is 15.0. The molecule has 5 nitrogen and oxygen atoms in total. The molecule has 1 heterocycles. The van der Waals surface area contributed by atoms with Crippen LogP contribution in [0.1, 0.15) is 52.4 Å². The van der Waals surface area contributed by atoms with Crippen LogP contribution >= 0.6 is 23.4 Å². The average Bonchev–Trinajstić information content (AvgIpc) is 2.75.